The fourth-order valence-electron chi connectivity index (χ4n) is 1.03. The number of thiol groups is 1. The van der Waals surface area contributed by atoms with Crippen LogP contribution in [0.15, 0.2) is 24.3 Å². The summed E-state index contributed by atoms with van der Waals surface area (Å²) in [6, 6.07) is 4.11. The van der Waals surface area contributed by atoms with Gasteiger partial charge in [0.05, 0.1) is 5.56 Å². The van der Waals surface area contributed by atoms with Gasteiger partial charge in [0.1, 0.15) is 5.25 Å². The van der Waals surface area contributed by atoms with E-state index in [4.69, 9.17) is 5.11 Å². The lowest BCUT2D eigenvalue weighted by atomic mass is 10.1. The van der Waals surface area contributed by atoms with E-state index in [-0.39, 0.29) is 5.56 Å². The topological polar surface area (TPSA) is 37.3 Å². The second-order valence-corrected chi connectivity index (χ2v) is 3.38. The largest absolute Gasteiger partial charge is 0.480 e. The van der Waals surface area contributed by atoms with Crippen LogP contribution in [0, 0.1) is 0 Å². The van der Waals surface area contributed by atoms with Crippen LogP contribution >= 0.6 is 12.6 Å². The average molecular weight is 236 g/mol. The van der Waals surface area contributed by atoms with E-state index in [1.54, 1.807) is 0 Å². The molecule has 2 nitrogen and oxygen atoms in total. The van der Waals surface area contributed by atoms with Gasteiger partial charge < -0.3 is 5.11 Å². The first-order valence-electron chi connectivity index (χ1n) is 3.90. The van der Waals surface area contributed by atoms with Crippen LogP contribution in [-0.2, 0) is 11.0 Å². The summed E-state index contributed by atoms with van der Waals surface area (Å²) < 4.78 is 36.8. The summed E-state index contributed by atoms with van der Waals surface area (Å²) >= 11 is 3.69. The number of benzene rings is 1. The third-order valence-corrected chi connectivity index (χ3v) is 2.28. The molecule has 0 saturated heterocycles. The second kappa shape index (κ2) is 4.14. The van der Waals surface area contributed by atoms with Gasteiger partial charge in [-0.3, -0.25) is 4.79 Å². The molecule has 0 aromatic heterocycles. The molecule has 6 heteroatoms. The van der Waals surface area contributed by atoms with E-state index in [2.05, 4.69) is 12.6 Å². The number of carbonyl (C=O) groups is 1. The summed E-state index contributed by atoms with van der Waals surface area (Å²) in [4.78, 5) is 10.5. The van der Waals surface area contributed by atoms with E-state index in [0.29, 0.717) is 0 Å². The highest BCUT2D eigenvalue weighted by atomic mass is 32.1. The highest BCUT2D eigenvalue weighted by Gasteiger charge is 2.31. The Morgan fingerprint density at radius 2 is 2.00 bits per heavy atom. The molecule has 0 radical (unpaired) electrons. The molecule has 0 aliphatic carbocycles. The van der Waals surface area contributed by atoms with Crippen LogP contribution in [0.1, 0.15) is 16.4 Å². The standard InChI is InChI=1S/C9H7F3O2S/c10-9(11,12)6-3-1-2-5(4-6)7(15)8(13)14/h1-4,7,15H,(H,13,14). The predicted molar refractivity (Wildman–Crippen MR) is 50.8 cm³/mol. The Kier molecular flexibility index (Phi) is 3.28. The van der Waals surface area contributed by atoms with Crippen molar-refractivity contribution in [3.63, 3.8) is 0 Å². The Morgan fingerprint density at radius 1 is 1.40 bits per heavy atom. The lowest BCUT2D eigenvalue weighted by Gasteiger charge is -2.10. The van der Waals surface area contributed by atoms with Gasteiger partial charge in [0.2, 0.25) is 0 Å². The Balaban J connectivity index is 3.08. The lowest BCUT2D eigenvalue weighted by molar-refractivity contribution is -0.138. The molecule has 1 aromatic rings. The van der Waals surface area contributed by atoms with Crippen molar-refractivity contribution >= 4 is 18.6 Å². The molecule has 0 heterocycles. The third kappa shape index (κ3) is 2.89. The summed E-state index contributed by atoms with van der Waals surface area (Å²) in [5, 5.41) is 7.33. The van der Waals surface area contributed by atoms with Gasteiger partial charge in [-0.25, -0.2) is 0 Å². The number of halogens is 3. The van der Waals surface area contributed by atoms with Gasteiger partial charge in [-0.05, 0) is 11.6 Å². The summed E-state index contributed by atoms with van der Waals surface area (Å²) in [6.45, 7) is 0. The number of aliphatic carboxylic acids is 1. The number of carboxylic acids is 1. The van der Waals surface area contributed by atoms with Crippen molar-refractivity contribution in [2.24, 2.45) is 0 Å². The Hall–Kier alpha value is -1.17. The molecular weight excluding hydrogens is 229 g/mol. The number of hydrogen-bond acceptors (Lipinski definition) is 2. The molecule has 0 aliphatic rings. The molecular formula is C9H7F3O2S. The SMILES string of the molecule is O=C(O)C(S)c1cccc(C(F)(F)F)c1. The molecule has 82 valence electrons. The smallest absolute Gasteiger partial charge is 0.416 e. The van der Waals surface area contributed by atoms with E-state index < -0.39 is 23.0 Å². The van der Waals surface area contributed by atoms with E-state index in [1.807, 2.05) is 0 Å². The lowest BCUT2D eigenvalue weighted by Crippen LogP contribution is -2.09. The summed E-state index contributed by atoms with van der Waals surface area (Å²) in [6.07, 6.45) is -4.47. The van der Waals surface area contributed by atoms with Crippen molar-refractivity contribution in [1.82, 2.24) is 0 Å². The predicted octanol–water partition coefficient (Wildman–Crippen LogP) is 2.76. The first-order valence-corrected chi connectivity index (χ1v) is 4.42. The van der Waals surface area contributed by atoms with Gasteiger partial charge in [0.15, 0.2) is 0 Å². The van der Waals surface area contributed by atoms with Crippen LogP contribution in [0.25, 0.3) is 0 Å². The zero-order valence-electron chi connectivity index (χ0n) is 7.32. The van der Waals surface area contributed by atoms with Gasteiger partial charge in [-0.2, -0.15) is 25.8 Å². The molecule has 0 fully saturated rings. The number of carboxylic acid groups (broad SMARTS) is 1. The zero-order chi connectivity index (χ0) is 11.6. The fraction of sp³-hybridized carbons (Fsp3) is 0.222. The minimum absolute atomic E-state index is 0.0145. The molecule has 0 bridgehead atoms. The van der Waals surface area contributed by atoms with Crippen LogP contribution in [0.3, 0.4) is 0 Å². The molecule has 15 heavy (non-hydrogen) atoms. The minimum atomic E-state index is -4.47. The van der Waals surface area contributed by atoms with Gasteiger partial charge in [0, 0.05) is 0 Å². The van der Waals surface area contributed by atoms with Gasteiger partial charge in [-0.1, -0.05) is 18.2 Å². The van der Waals surface area contributed by atoms with Gasteiger partial charge in [-0.15, -0.1) is 0 Å². The van der Waals surface area contributed by atoms with Crippen LogP contribution in [0.5, 0.6) is 0 Å². The van der Waals surface area contributed by atoms with Crippen LogP contribution in [0.4, 0.5) is 13.2 Å². The number of rotatable bonds is 2. The maximum Gasteiger partial charge on any atom is 0.416 e. The normalized spacial score (nSPS) is 13.6. The van der Waals surface area contributed by atoms with Crippen LogP contribution in [-0.4, -0.2) is 11.1 Å². The van der Waals surface area contributed by atoms with Crippen molar-refractivity contribution < 1.29 is 23.1 Å². The summed E-state index contributed by atoms with van der Waals surface area (Å²) in [7, 11) is 0. The third-order valence-electron chi connectivity index (χ3n) is 1.76. The quantitative estimate of drug-likeness (QED) is 0.775. The Bertz CT molecular complexity index is 376. The first kappa shape index (κ1) is 11.9. The molecule has 1 N–H and O–H groups in total. The van der Waals surface area contributed by atoms with E-state index in [9.17, 15) is 18.0 Å². The zero-order valence-corrected chi connectivity index (χ0v) is 8.22. The summed E-state index contributed by atoms with van der Waals surface area (Å²) in [5.41, 5.74) is -0.860. The van der Waals surface area contributed by atoms with Crippen molar-refractivity contribution in [1.29, 1.82) is 0 Å². The van der Waals surface area contributed by atoms with Gasteiger partial charge in [0.25, 0.3) is 0 Å². The van der Waals surface area contributed by atoms with Crippen LogP contribution < -0.4 is 0 Å². The monoisotopic (exact) mass is 236 g/mol. The Labute approximate surface area is 89.1 Å². The molecule has 1 atom stereocenters. The van der Waals surface area contributed by atoms with Crippen molar-refractivity contribution in [2.45, 2.75) is 11.4 Å². The van der Waals surface area contributed by atoms with E-state index >= 15 is 0 Å². The maximum absolute atomic E-state index is 12.3. The molecule has 0 amide bonds. The summed E-state index contributed by atoms with van der Waals surface area (Å²) in [5.74, 6) is -1.28. The highest BCUT2D eigenvalue weighted by Crippen LogP contribution is 2.31. The Morgan fingerprint density at radius 3 is 2.47 bits per heavy atom. The maximum atomic E-state index is 12.3. The minimum Gasteiger partial charge on any atom is -0.480 e. The van der Waals surface area contributed by atoms with Crippen molar-refractivity contribution in [2.75, 3.05) is 0 Å². The van der Waals surface area contributed by atoms with Crippen LogP contribution in [0.2, 0.25) is 0 Å². The molecule has 1 rings (SSSR count). The fourth-order valence-corrected chi connectivity index (χ4v) is 1.19. The van der Waals surface area contributed by atoms with E-state index in [0.717, 1.165) is 18.2 Å². The number of alkyl halides is 3. The number of hydrogen-bond donors (Lipinski definition) is 2. The second-order valence-electron chi connectivity index (χ2n) is 2.86. The first-order chi connectivity index (χ1) is 6.82. The molecule has 1 aromatic carbocycles. The molecule has 0 spiro atoms. The van der Waals surface area contributed by atoms with E-state index in [1.165, 1.54) is 6.07 Å². The molecule has 0 aliphatic heterocycles. The van der Waals surface area contributed by atoms with Crippen molar-refractivity contribution in [3.05, 3.63) is 35.4 Å². The van der Waals surface area contributed by atoms with Gasteiger partial charge >= 0.3 is 12.1 Å². The molecule has 0 saturated carbocycles. The highest BCUT2D eigenvalue weighted by molar-refractivity contribution is 7.81. The average Bonchev–Trinajstić information content (AvgIpc) is 2.15. The van der Waals surface area contributed by atoms with Crippen molar-refractivity contribution in [3.8, 4) is 0 Å². The molecule has 1 unspecified atom stereocenters.